The van der Waals surface area contributed by atoms with Gasteiger partial charge in [0.15, 0.2) is 25.2 Å². The lowest BCUT2D eigenvalue weighted by atomic mass is 9.35. The predicted octanol–water partition coefficient (Wildman–Crippen LogP) is -2.38. The van der Waals surface area contributed by atoms with Crippen molar-refractivity contribution in [3.8, 4) is 0 Å². The van der Waals surface area contributed by atoms with Crippen LogP contribution in [0.2, 0.25) is 0 Å². The molecule has 0 spiro atoms. The molecule has 8 fully saturated rings. The Balaban J connectivity index is 1.04. The average Bonchev–Trinajstić information content (AvgIpc) is 3.74. The molecule has 23 heteroatoms. The third kappa shape index (κ3) is 10.7. The smallest absolute Gasteiger partial charge is 0.187 e. The molecular weight excluding hydrogens is 1000 g/mol. The lowest BCUT2D eigenvalue weighted by Crippen LogP contribution is -2.67. The van der Waals surface area contributed by atoms with E-state index in [1.54, 1.807) is 26.0 Å². The lowest BCUT2D eigenvalue weighted by Gasteiger charge is -2.69. The molecule has 8 rings (SSSR count). The molecule has 4 heterocycles. The third-order valence-electron chi connectivity index (χ3n) is 20.1. The zero-order valence-corrected chi connectivity index (χ0v) is 44.9. The molecule has 76 heavy (non-hydrogen) atoms. The number of aliphatic hydroxyl groups excluding tert-OH is 12. The lowest BCUT2D eigenvalue weighted by molar-refractivity contribution is -0.388. The summed E-state index contributed by atoms with van der Waals surface area (Å²) in [5, 5.41) is 151. The Kier molecular flexibility index (Phi) is 17.8. The number of aliphatic hydroxyl groups is 14. The van der Waals surface area contributed by atoms with Crippen LogP contribution in [0, 0.1) is 45.3 Å². The van der Waals surface area contributed by atoms with E-state index in [1.165, 1.54) is 6.92 Å². The van der Waals surface area contributed by atoms with Gasteiger partial charge in [-0.15, -0.1) is 0 Å². The first kappa shape index (κ1) is 60.6. The van der Waals surface area contributed by atoms with E-state index in [9.17, 15) is 71.5 Å². The summed E-state index contributed by atoms with van der Waals surface area (Å²) in [5.41, 5.74) is -5.03. The highest BCUT2D eigenvalue weighted by molar-refractivity contribution is 5.84. The Morgan fingerprint density at radius 3 is 1.79 bits per heavy atom. The minimum Gasteiger partial charge on any atom is -0.394 e. The molecule has 23 nitrogen and oxygen atoms in total. The van der Waals surface area contributed by atoms with E-state index in [0.717, 1.165) is 12.8 Å². The van der Waals surface area contributed by atoms with Crippen molar-refractivity contribution in [1.29, 1.82) is 0 Å². The second kappa shape index (κ2) is 22.4. The van der Waals surface area contributed by atoms with Crippen molar-refractivity contribution in [2.45, 2.75) is 241 Å². The molecule has 28 atom stereocenters. The first-order chi connectivity index (χ1) is 35.4. The van der Waals surface area contributed by atoms with Crippen LogP contribution < -0.4 is 0 Å². The van der Waals surface area contributed by atoms with E-state index in [1.807, 2.05) is 0 Å². The number of ketones is 1. The van der Waals surface area contributed by atoms with E-state index in [0.29, 0.717) is 25.7 Å². The van der Waals surface area contributed by atoms with E-state index in [-0.39, 0.29) is 37.1 Å². The zero-order chi connectivity index (χ0) is 56.0. The van der Waals surface area contributed by atoms with Crippen LogP contribution in [0.3, 0.4) is 0 Å². The standard InChI is InChI=1S/C53H88O23/c1-23-33(58)36(61)40(65)45(71-23)76-43-42(75-46-41(66)38(63)35(60)28(20-55)73-46)26(57)21-69-47(43)74-31-12-15-50(6)29(49(31,4)5)11-17-51(7)30(50)18-25(56)32-24(10-16-52(32,51)8)53(68,14-9-13-48(2,3)67)22-70-44-39(64)37(62)34(59)27(19-54)72-44/h9,13,23-24,26-47,54-55,57-68H,10-12,14-22H2,1-8H3/b13-9+/t23-,24?,26-,27+,28+,29?,30?,31-,32?,33-,34+,35+,36+,37-,38-,39+,40+,41+,42-,43+,44+,45-,46-,47-,50-,51+,52+,53+/m0/s1. The van der Waals surface area contributed by atoms with Gasteiger partial charge in [0, 0.05) is 18.3 Å². The Morgan fingerprint density at radius 2 is 1.18 bits per heavy atom. The van der Waals surface area contributed by atoms with Crippen LogP contribution in [-0.4, -0.2) is 238 Å². The van der Waals surface area contributed by atoms with Gasteiger partial charge in [0.05, 0.1) is 49.8 Å². The summed E-state index contributed by atoms with van der Waals surface area (Å²) in [6, 6.07) is 0. The number of carbonyl (C=O) groups excluding carboxylic acids is 1. The van der Waals surface area contributed by atoms with Gasteiger partial charge in [-0.1, -0.05) is 46.8 Å². The van der Waals surface area contributed by atoms with E-state index < -0.39 is 187 Å². The van der Waals surface area contributed by atoms with Crippen LogP contribution in [0.15, 0.2) is 12.2 Å². The molecule has 0 aromatic carbocycles. The molecule has 0 amide bonds. The van der Waals surface area contributed by atoms with Gasteiger partial charge in [-0.05, 0) is 99.2 Å². The molecule has 0 bridgehead atoms. The van der Waals surface area contributed by atoms with Crippen LogP contribution in [0.4, 0.5) is 0 Å². The Hall–Kier alpha value is -1.47. The molecule has 14 N–H and O–H groups in total. The molecular formula is C53H88O23. The summed E-state index contributed by atoms with van der Waals surface area (Å²) in [6.45, 7) is 13.3. The van der Waals surface area contributed by atoms with E-state index in [2.05, 4.69) is 34.6 Å². The number of ether oxygens (including phenoxy) is 8. The average molecular weight is 1090 g/mol. The summed E-state index contributed by atoms with van der Waals surface area (Å²) in [4.78, 5) is 15.2. The maximum atomic E-state index is 15.2. The summed E-state index contributed by atoms with van der Waals surface area (Å²) in [7, 11) is 0. The molecule has 4 unspecified atom stereocenters. The molecule has 0 aromatic heterocycles. The fourth-order valence-electron chi connectivity index (χ4n) is 15.5. The van der Waals surface area contributed by atoms with Gasteiger partial charge in [0.25, 0.3) is 0 Å². The number of carbonyl (C=O) groups is 1. The minimum atomic E-state index is -1.86. The first-order valence-corrected chi connectivity index (χ1v) is 27.2. The molecule has 4 aliphatic heterocycles. The van der Waals surface area contributed by atoms with Gasteiger partial charge in [-0.2, -0.15) is 0 Å². The minimum absolute atomic E-state index is 0.00179. The third-order valence-corrected chi connectivity index (χ3v) is 20.1. The first-order valence-electron chi connectivity index (χ1n) is 27.2. The quantitative estimate of drug-likeness (QED) is 0.0601. The SMILES string of the molecule is C[C@@H]1O[C@@H](O[C@H]2[C@H](O[C@H]3CC[C@@]4(C)C(CC[C@]5(C)C4CC(=O)C4C([C@@](O)(C/C=C/C(C)(C)O)CO[C@@H]6O[C@H](CO)[C@@H](O)[C@H](O)[C@H]6O)CC[C@]45C)C3(C)C)OC[C@H](O)[C@@H]2O[C@@H]2O[C@H](CO)[C@@H](O)[C@H](O)[C@H]2O)[C@H](O)[C@H](O)[C@H]1O. The molecule has 4 aliphatic carbocycles. The van der Waals surface area contributed by atoms with Gasteiger partial charge in [0.1, 0.15) is 91.2 Å². The normalized spacial score (nSPS) is 51.7. The van der Waals surface area contributed by atoms with Crippen molar-refractivity contribution in [2.24, 2.45) is 45.3 Å². The summed E-state index contributed by atoms with van der Waals surface area (Å²) < 4.78 is 48.7. The molecule has 0 aromatic rings. The van der Waals surface area contributed by atoms with Crippen LogP contribution in [0.1, 0.15) is 107 Å². The maximum absolute atomic E-state index is 15.2. The Labute approximate surface area is 443 Å². The maximum Gasteiger partial charge on any atom is 0.187 e. The van der Waals surface area contributed by atoms with E-state index >= 15 is 4.79 Å². The molecule has 0 radical (unpaired) electrons. The summed E-state index contributed by atoms with van der Waals surface area (Å²) in [5.74, 6) is -1.40. The van der Waals surface area contributed by atoms with Crippen molar-refractivity contribution in [1.82, 2.24) is 0 Å². The van der Waals surface area contributed by atoms with Gasteiger partial charge >= 0.3 is 0 Å². The summed E-state index contributed by atoms with van der Waals surface area (Å²) in [6.07, 6.45) is -23.4. The Morgan fingerprint density at radius 1 is 0.632 bits per heavy atom. The highest BCUT2D eigenvalue weighted by Crippen LogP contribution is 2.75. The predicted molar refractivity (Wildman–Crippen MR) is 261 cm³/mol. The topological polar surface area (TPSA) is 374 Å². The second-order valence-corrected chi connectivity index (χ2v) is 25.5. The molecule has 4 saturated heterocycles. The number of fused-ring (bicyclic) bond motifs is 5. The monoisotopic (exact) mass is 1090 g/mol. The molecule has 4 saturated carbocycles. The van der Waals surface area contributed by atoms with Gasteiger partial charge < -0.3 is 109 Å². The zero-order valence-electron chi connectivity index (χ0n) is 44.9. The molecule has 8 aliphatic rings. The highest BCUT2D eigenvalue weighted by Gasteiger charge is 2.72. The fourth-order valence-corrected chi connectivity index (χ4v) is 15.5. The second-order valence-electron chi connectivity index (χ2n) is 25.5. The van der Waals surface area contributed by atoms with Gasteiger partial charge in [-0.25, -0.2) is 0 Å². The fraction of sp³-hybridized carbons (Fsp3) is 0.943. The number of rotatable bonds is 15. The van der Waals surface area contributed by atoms with Crippen LogP contribution in [0.5, 0.6) is 0 Å². The van der Waals surface area contributed by atoms with Gasteiger partial charge in [-0.3, -0.25) is 4.79 Å². The van der Waals surface area contributed by atoms with Crippen molar-refractivity contribution in [2.75, 3.05) is 26.4 Å². The highest BCUT2D eigenvalue weighted by atomic mass is 16.8. The molecule has 438 valence electrons. The van der Waals surface area contributed by atoms with Crippen LogP contribution in [0.25, 0.3) is 0 Å². The van der Waals surface area contributed by atoms with Crippen molar-refractivity contribution < 1.29 is 114 Å². The van der Waals surface area contributed by atoms with Crippen molar-refractivity contribution in [3.63, 3.8) is 0 Å². The van der Waals surface area contributed by atoms with E-state index in [4.69, 9.17) is 37.9 Å². The largest absolute Gasteiger partial charge is 0.394 e. The van der Waals surface area contributed by atoms with Crippen molar-refractivity contribution >= 4 is 5.78 Å². The summed E-state index contributed by atoms with van der Waals surface area (Å²) >= 11 is 0. The van der Waals surface area contributed by atoms with Crippen LogP contribution >= 0.6 is 0 Å². The Bertz CT molecular complexity index is 2020. The van der Waals surface area contributed by atoms with Gasteiger partial charge in [0.2, 0.25) is 0 Å². The number of Topliss-reactive ketones (excluding diaryl/α,β-unsaturated/α-hetero) is 1. The number of hydrogen-bond donors (Lipinski definition) is 14. The number of hydrogen-bond acceptors (Lipinski definition) is 23. The van der Waals surface area contributed by atoms with Crippen molar-refractivity contribution in [3.05, 3.63) is 12.2 Å². The van der Waals surface area contributed by atoms with Crippen LogP contribution in [-0.2, 0) is 42.7 Å².